The van der Waals surface area contributed by atoms with Gasteiger partial charge in [0.15, 0.2) is 0 Å². The fourth-order valence-corrected chi connectivity index (χ4v) is 2.23. The zero-order chi connectivity index (χ0) is 17.8. The highest BCUT2D eigenvalue weighted by atomic mass is 19.4. The molecule has 1 aromatic rings. The summed E-state index contributed by atoms with van der Waals surface area (Å²) in [7, 11) is 1.52. The van der Waals surface area contributed by atoms with Gasteiger partial charge in [-0.25, -0.2) is 0 Å². The van der Waals surface area contributed by atoms with Crippen LogP contribution in [-0.4, -0.2) is 35.5 Å². The third kappa shape index (κ3) is 5.58. The Bertz CT molecular complexity index is 555. The summed E-state index contributed by atoms with van der Waals surface area (Å²) in [5, 5.41) is 8.85. The summed E-state index contributed by atoms with van der Waals surface area (Å²) >= 11 is 0. The summed E-state index contributed by atoms with van der Waals surface area (Å²) in [4.78, 5) is 24.3. The van der Waals surface area contributed by atoms with Crippen molar-refractivity contribution >= 4 is 11.9 Å². The van der Waals surface area contributed by atoms with Crippen LogP contribution in [0.1, 0.15) is 25.0 Å². The van der Waals surface area contributed by atoms with Crippen molar-refractivity contribution < 1.29 is 27.9 Å². The lowest BCUT2D eigenvalue weighted by Crippen LogP contribution is -2.37. The highest BCUT2D eigenvalue weighted by Gasteiger charge is 2.30. The Labute approximate surface area is 132 Å². The van der Waals surface area contributed by atoms with Crippen LogP contribution in [0.15, 0.2) is 24.3 Å². The van der Waals surface area contributed by atoms with Crippen molar-refractivity contribution in [2.75, 3.05) is 13.6 Å². The van der Waals surface area contributed by atoms with Crippen molar-refractivity contribution in [3.05, 3.63) is 35.4 Å². The Kier molecular flexibility index (Phi) is 6.18. The van der Waals surface area contributed by atoms with Crippen molar-refractivity contribution in [2.45, 2.75) is 26.4 Å². The molecule has 1 aromatic carbocycles. The standard InChI is InChI=1S/C16H20F3NO3/c1-10(14(21)20(3)9-11(2)15(22)23)8-12-4-6-13(7-5-12)16(17,18)19/h4-7,10-11H,8-9H2,1-3H3,(H,22,23). The topological polar surface area (TPSA) is 57.6 Å². The van der Waals surface area contributed by atoms with E-state index in [-0.39, 0.29) is 12.5 Å². The zero-order valence-electron chi connectivity index (χ0n) is 13.2. The van der Waals surface area contributed by atoms with Gasteiger partial charge in [0.1, 0.15) is 0 Å². The second kappa shape index (κ2) is 7.48. The number of nitrogens with zero attached hydrogens (tertiary/aromatic N) is 1. The quantitative estimate of drug-likeness (QED) is 0.871. The highest BCUT2D eigenvalue weighted by molar-refractivity contribution is 5.79. The van der Waals surface area contributed by atoms with Crippen LogP contribution in [0.4, 0.5) is 13.2 Å². The van der Waals surface area contributed by atoms with Gasteiger partial charge in [-0.2, -0.15) is 13.2 Å². The van der Waals surface area contributed by atoms with E-state index < -0.39 is 29.5 Å². The first-order valence-electron chi connectivity index (χ1n) is 7.16. The molecule has 0 fully saturated rings. The molecule has 128 valence electrons. The number of hydrogen-bond acceptors (Lipinski definition) is 2. The van der Waals surface area contributed by atoms with Gasteiger partial charge in [-0.3, -0.25) is 9.59 Å². The van der Waals surface area contributed by atoms with Gasteiger partial charge in [0, 0.05) is 19.5 Å². The monoisotopic (exact) mass is 331 g/mol. The minimum Gasteiger partial charge on any atom is -0.481 e. The molecule has 0 aliphatic rings. The summed E-state index contributed by atoms with van der Waals surface area (Å²) in [5.41, 5.74) is -0.105. The highest BCUT2D eigenvalue weighted by Crippen LogP contribution is 2.29. The molecular formula is C16H20F3NO3. The number of carbonyl (C=O) groups excluding carboxylic acids is 1. The maximum absolute atomic E-state index is 12.5. The average molecular weight is 331 g/mol. The van der Waals surface area contributed by atoms with Crippen molar-refractivity contribution in [3.63, 3.8) is 0 Å². The number of alkyl halides is 3. The molecule has 1 rings (SSSR count). The van der Waals surface area contributed by atoms with Crippen molar-refractivity contribution in [1.29, 1.82) is 0 Å². The van der Waals surface area contributed by atoms with Crippen LogP contribution < -0.4 is 0 Å². The Morgan fingerprint density at radius 1 is 1.13 bits per heavy atom. The van der Waals surface area contributed by atoms with E-state index in [1.165, 1.54) is 31.0 Å². The lowest BCUT2D eigenvalue weighted by molar-refractivity contribution is -0.143. The third-order valence-corrected chi connectivity index (χ3v) is 3.59. The van der Waals surface area contributed by atoms with Gasteiger partial charge >= 0.3 is 12.1 Å². The summed E-state index contributed by atoms with van der Waals surface area (Å²) in [6.45, 7) is 3.26. The van der Waals surface area contributed by atoms with Crippen LogP contribution in [0.2, 0.25) is 0 Å². The average Bonchev–Trinajstić information content (AvgIpc) is 2.45. The predicted molar refractivity (Wildman–Crippen MR) is 78.7 cm³/mol. The summed E-state index contributed by atoms with van der Waals surface area (Å²) in [6.07, 6.45) is -4.09. The molecule has 1 N–H and O–H groups in total. The maximum atomic E-state index is 12.5. The molecule has 0 heterocycles. The van der Waals surface area contributed by atoms with Crippen LogP contribution >= 0.6 is 0 Å². The van der Waals surface area contributed by atoms with Gasteiger partial charge in [-0.15, -0.1) is 0 Å². The SMILES string of the molecule is CC(CN(C)C(=O)C(C)Cc1ccc(C(F)(F)F)cc1)C(=O)O. The molecule has 23 heavy (non-hydrogen) atoms. The molecular weight excluding hydrogens is 311 g/mol. The molecule has 0 saturated carbocycles. The molecule has 0 aliphatic heterocycles. The number of carboxylic acids is 1. The van der Waals surface area contributed by atoms with E-state index in [0.29, 0.717) is 12.0 Å². The van der Waals surface area contributed by atoms with Crippen LogP contribution in [-0.2, 0) is 22.2 Å². The molecule has 2 unspecified atom stereocenters. The van der Waals surface area contributed by atoms with Crippen LogP contribution in [0, 0.1) is 11.8 Å². The first-order chi connectivity index (χ1) is 10.5. The minimum absolute atomic E-state index is 0.0888. The van der Waals surface area contributed by atoms with E-state index >= 15 is 0 Å². The number of benzene rings is 1. The molecule has 0 bridgehead atoms. The number of amides is 1. The summed E-state index contributed by atoms with van der Waals surface area (Å²) < 4.78 is 37.5. The van der Waals surface area contributed by atoms with Crippen LogP contribution in [0.3, 0.4) is 0 Å². The molecule has 1 amide bonds. The second-order valence-corrected chi connectivity index (χ2v) is 5.76. The maximum Gasteiger partial charge on any atom is 0.416 e. The summed E-state index contributed by atoms with van der Waals surface area (Å²) in [6, 6.07) is 4.68. The van der Waals surface area contributed by atoms with Gasteiger partial charge < -0.3 is 10.0 Å². The predicted octanol–water partition coefficient (Wildman–Crippen LogP) is 3.06. The smallest absolute Gasteiger partial charge is 0.416 e. The van der Waals surface area contributed by atoms with Crippen molar-refractivity contribution in [2.24, 2.45) is 11.8 Å². The molecule has 7 heteroatoms. The Balaban J connectivity index is 2.66. The number of halogens is 3. The first-order valence-corrected chi connectivity index (χ1v) is 7.16. The first kappa shape index (κ1) is 19.0. The van der Waals surface area contributed by atoms with Crippen LogP contribution in [0.25, 0.3) is 0 Å². The number of carboxylic acid groups (broad SMARTS) is 1. The lowest BCUT2D eigenvalue weighted by atomic mass is 9.98. The largest absolute Gasteiger partial charge is 0.481 e. The lowest BCUT2D eigenvalue weighted by Gasteiger charge is -2.23. The molecule has 0 radical (unpaired) electrons. The van der Waals surface area contributed by atoms with E-state index in [2.05, 4.69) is 0 Å². The molecule has 4 nitrogen and oxygen atoms in total. The van der Waals surface area contributed by atoms with E-state index in [1.54, 1.807) is 6.92 Å². The Morgan fingerprint density at radius 2 is 1.65 bits per heavy atom. The van der Waals surface area contributed by atoms with Crippen LogP contribution in [0.5, 0.6) is 0 Å². The second-order valence-electron chi connectivity index (χ2n) is 5.76. The van der Waals surface area contributed by atoms with Gasteiger partial charge in [0.05, 0.1) is 11.5 Å². The minimum atomic E-state index is -4.38. The van der Waals surface area contributed by atoms with Gasteiger partial charge in [0.2, 0.25) is 5.91 Å². The molecule has 0 aliphatic carbocycles. The van der Waals surface area contributed by atoms with Crippen molar-refractivity contribution in [1.82, 2.24) is 4.90 Å². The molecule has 0 saturated heterocycles. The Hall–Kier alpha value is -2.05. The number of hydrogen-bond donors (Lipinski definition) is 1. The van der Waals surface area contributed by atoms with E-state index in [0.717, 1.165) is 12.1 Å². The van der Waals surface area contributed by atoms with Gasteiger partial charge in [-0.05, 0) is 24.1 Å². The molecule has 0 aromatic heterocycles. The zero-order valence-corrected chi connectivity index (χ0v) is 13.2. The fraction of sp³-hybridized carbons (Fsp3) is 0.500. The van der Waals surface area contributed by atoms with E-state index in [9.17, 15) is 22.8 Å². The van der Waals surface area contributed by atoms with Gasteiger partial charge in [-0.1, -0.05) is 26.0 Å². The van der Waals surface area contributed by atoms with Gasteiger partial charge in [0.25, 0.3) is 0 Å². The van der Waals surface area contributed by atoms with E-state index in [4.69, 9.17) is 5.11 Å². The number of rotatable bonds is 6. The number of carbonyl (C=O) groups is 2. The molecule has 2 atom stereocenters. The summed E-state index contributed by atoms with van der Waals surface area (Å²) in [5.74, 6) is -2.35. The van der Waals surface area contributed by atoms with E-state index in [1.807, 2.05) is 0 Å². The normalized spacial score (nSPS) is 14.2. The molecule has 0 spiro atoms. The number of aliphatic carboxylic acids is 1. The van der Waals surface area contributed by atoms with Crippen molar-refractivity contribution in [3.8, 4) is 0 Å². The Morgan fingerprint density at radius 3 is 2.09 bits per heavy atom. The fourth-order valence-electron chi connectivity index (χ4n) is 2.23. The third-order valence-electron chi connectivity index (χ3n) is 3.59.